The van der Waals surface area contributed by atoms with Gasteiger partial charge in [-0.15, -0.1) is 0 Å². The van der Waals surface area contributed by atoms with Gasteiger partial charge in [0.2, 0.25) is 0 Å². The maximum atomic E-state index is 12.4. The second-order valence-corrected chi connectivity index (χ2v) is 6.62. The summed E-state index contributed by atoms with van der Waals surface area (Å²) < 4.78 is 5.15. The van der Waals surface area contributed by atoms with Gasteiger partial charge in [0, 0.05) is 6.04 Å². The summed E-state index contributed by atoms with van der Waals surface area (Å²) >= 11 is 0. The molecular formula is C15H27NO2. The second-order valence-electron chi connectivity index (χ2n) is 6.62. The van der Waals surface area contributed by atoms with E-state index in [0.717, 1.165) is 12.8 Å². The molecule has 0 aromatic rings. The Morgan fingerprint density at radius 1 is 1.28 bits per heavy atom. The minimum absolute atomic E-state index is 0.0420. The average molecular weight is 253 g/mol. The van der Waals surface area contributed by atoms with E-state index in [0.29, 0.717) is 23.8 Å². The minimum atomic E-state index is -0.429. The highest BCUT2D eigenvalue weighted by molar-refractivity contribution is 5.81. The topological polar surface area (TPSA) is 38.3 Å². The zero-order valence-corrected chi connectivity index (χ0v) is 12.2. The van der Waals surface area contributed by atoms with Crippen molar-refractivity contribution < 1.29 is 9.53 Å². The van der Waals surface area contributed by atoms with Gasteiger partial charge in [-0.3, -0.25) is 10.1 Å². The van der Waals surface area contributed by atoms with Crippen molar-refractivity contribution >= 4 is 5.97 Å². The lowest BCUT2D eigenvalue weighted by Crippen LogP contribution is -2.62. The van der Waals surface area contributed by atoms with Gasteiger partial charge in [-0.25, -0.2) is 0 Å². The van der Waals surface area contributed by atoms with Crippen LogP contribution in [0.15, 0.2) is 0 Å². The summed E-state index contributed by atoms with van der Waals surface area (Å²) in [6.07, 6.45) is 5.70. The third-order valence-corrected chi connectivity index (χ3v) is 4.67. The van der Waals surface area contributed by atoms with Crippen LogP contribution in [0.5, 0.6) is 0 Å². The van der Waals surface area contributed by atoms with E-state index in [2.05, 4.69) is 26.1 Å². The fraction of sp³-hybridized carbons (Fsp3) is 0.933. The molecule has 3 atom stereocenters. The first-order chi connectivity index (χ1) is 8.49. The second kappa shape index (κ2) is 5.20. The molecular weight excluding hydrogens is 226 g/mol. The molecule has 3 unspecified atom stereocenters. The Kier molecular flexibility index (Phi) is 4.00. The van der Waals surface area contributed by atoms with E-state index < -0.39 is 5.54 Å². The molecule has 3 nitrogen and oxygen atoms in total. The third-order valence-electron chi connectivity index (χ3n) is 4.67. The highest BCUT2D eigenvalue weighted by atomic mass is 16.5. The highest BCUT2D eigenvalue weighted by Crippen LogP contribution is 2.43. The fourth-order valence-electron chi connectivity index (χ4n) is 3.65. The summed E-state index contributed by atoms with van der Waals surface area (Å²) in [5.74, 6) is 1.48. The Morgan fingerprint density at radius 3 is 2.44 bits per heavy atom. The van der Waals surface area contributed by atoms with Gasteiger partial charge in [-0.05, 0) is 43.4 Å². The molecule has 0 bridgehead atoms. The lowest BCUT2D eigenvalue weighted by Gasteiger charge is -2.46. The number of esters is 1. The van der Waals surface area contributed by atoms with Crippen LogP contribution in [-0.4, -0.2) is 24.7 Å². The Morgan fingerprint density at radius 2 is 1.94 bits per heavy atom. The van der Waals surface area contributed by atoms with Gasteiger partial charge in [0.1, 0.15) is 5.54 Å². The van der Waals surface area contributed by atoms with Crippen molar-refractivity contribution in [2.45, 2.75) is 64.5 Å². The van der Waals surface area contributed by atoms with Gasteiger partial charge in [-0.1, -0.05) is 27.2 Å². The standard InChI is InChI=1S/C15H27NO2/c1-10(2)13-8-5-11(3)9-15(13,14(17)18-4)16-12-6-7-12/h10-13,16H,5-9H2,1-4H3. The molecule has 2 rings (SSSR count). The molecule has 0 radical (unpaired) electrons. The van der Waals surface area contributed by atoms with Crippen LogP contribution in [0.2, 0.25) is 0 Å². The van der Waals surface area contributed by atoms with Crippen LogP contribution >= 0.6 is 0 Å². The molecule has 2 aliphatic carbocycles. The number of carbonyl (C=O) groups excluding carboxylic acids is 1. The van der Waals surface area contributed by atoms with Crippen LogP contribution in [-0.2, 0) is 9.53 Å². The molecule has 0 spiro atoms. The molecule has 2 fully saturated rings. The average Bonchev–Trinajstić information content (AvgIpc) is 3.11. The minimum Gasteiger partial charge on any atom is -0.468 e. The molecule has 0 heterocycles. The Bertz CT molecular complexity index is 308. The molecule has 1 N–H and O–H groups in total. The Hall–Kier alpha value is -0.570. The predicted octanol–water partition coefficient (Wildman–Crippen LogP) is 2.74. The SMILES string of the molecule is COC(=O)C1(NC2CC2)CC(C)CCC1C(C)C. The normalized spacial score (nSPS) is 36.7. The van der Waals surface area contributed by atoms with E-state index in [9.17, 15) is 4.79 Å². The highest BCUT2D eigenvalue weighted by Gasteiger charge is 2.52. The summed E-state index contributed by atoms with van der Waals surface area (Å²) in [6, 6.07) is 0.538. The van der Waals surface area contributed by atoms with Gasteiger partial charge in [-0.2, -0.15) is 0 Å². The number of carbonyl (C=O) groups is 1. The maximum Gasteiger partial charge on any atom is 0.326 e. The van der Waals surface area contributed by atoms with Gasteiger partial charge >= 0.3 is 5.97 Å². The Labute approximate surface area is 111 Å². The van der Waals surface area contributed by atoms with Crippen molar-refractivity contribution in [2.75, 3.05) is 7.11 Å². The van der Waals surface area contributed by atoms with Crippen molar-refractivity contribution in [2.24, 2.45) is 17.8 Å². The molecule has 3 heteroatoms. The number of ether oxygens (including phenoxy) is 1. The summed E-state index contributed by atoms with van der Waals surface area (Å²) in [6.45, 7) is 6.71. The smallest absolute Gasteiger partial charge is 0.326 e. The molecule has 104 valence electrons. The molecule has 0 aromatic heterocycles. The first-order valence-corrected chi connectivity index (χ1v) is 7.35. The summed E-state index contributed by atoms with van der Waals surface area (Å²) in [5.41, 5.74) is -0.429. The number of rotatable bonds is 4. The molecule has 0 saturated heterocycles. The van der Waals surface area contributed by atoms with Crippen LogP contribution in [0.1, 0.15) is 52.9 Å². The van der Waals surface area contributed by atoms with Gasteiger partial charge < -0.3 is 4.74 Å². The fourth-order valence-corrected chi connectivity index (χ4v) is 3.65. The first kappa shape index (κ1) is 13.9. The van der Waals surface area contributed by atoms with Crippen LogP contribution in [0, 0.1) is 17.8 Å². The summed E-state index contributed by atoms with van der Waals surface area (Å²) in [7, 11) is 1.52. The van der Waals surface area contributed by atoms with E-state index >= 15 is 0 Å². The van der Waals surface area contributed by atoms with Crippen molar-refractivity contribution in [3.05, 3.63) is 0 Å². The predicted molar refractivity (Wildman–Crippen MR) is 72.2 cm³/mol. The van der Waals surface area contributed by atoms with Crippen LogP contribution < -0.4 is 5.32 Å². The largest absolute Gasteiger partial charge is 0.468 e. The lowest BCUT2D eigenvalue weighted by atomic mass is 9.64. The van der Waals surface area contributed by atoms with Gasteiger partial charge in [0.05, 0.1) is 7.11 Å². The summed E-state index contributed by atoms with van der Waals surface area (Å²) in [5, 5.41) is 3.64. The van der Waals surface area contributed by atoms with Crippen molar-refractivity contribution in [1.29, 1.82) is 0 Å². The van der Waals surface area contributed by atoms with Crippen molar-refractivity contribution in [3.8, 4) is 0 Å². The molecule has 2 aliphatic rings. The van der Waals surface area contributed by atoms with E-state index in [1.54, 1.807) is 0 Å². The van der Waals surface area contributed by atoms with Crippen LogP contribution in [0.4, 0.5) is 0 Å². The molecule has 0 aromatic carbocycles. The molecule has 0 amide bonds. The number of methoxy groups -OCH3 is 1. The van der Waals surface area contributed by atoms with E-state index in [1.165, 1.54) is 26.4 Å². The zero-order valence-electron chi connectivity index (χ0n) is 12.2. The monoisotopic (exact) mass is 253 g/mol. The molecule has 2 saturated carbocycles. The van der Waals surface area contributed by atoms with E-state index in [1.807, 2.05) is 0 Å². The van der Waals surface area contributed by atoms with E-state index in [-0.39, 0.29) is 5.97 Å². The summed E-state index contributed by atoms with van der Waals surface area (Å²) in [4.78, 5) is 12.4. The zero-order chi connectivity index (χ0) is 13.3. The molecule has 0 aliphatic heterocycles. The van der Waals surface area contributed by atoms with Gasteiger partial charge in [0.25, 0.3) is 0 Å². The lowest BCUT2D eigenvalue weighted by molar-refractivity contribution is -0.155. The first-order valence-electron chi connectivity index (χ1n) is 7.35. The maximum absolute atomic E-state index is 12.4. The number of hydrogen-bond acceptors (Lipinski definition) is 3. The molecule has 18 heavy (non-hydrogen) atoms. The van der Waals surface area contributed by atoms with E-state index in [4.69, 9.17) is 4.74 Å². The van der Waals surface area contributed by atoms with Crippen LogP contribution in [0.25, 0.3) is 0 Å². The van der Waals surface area contributed by atoms with Gasteiger partial charge in [0.15, 0.2) is 0 Å². The Balaban J connectivity index is 2.27. The quantitative estimate of drug-likeness (QED) is 0.783. The number of hydrogen-bond donors (Lipinski definition) is 1. The van der Waals surface area contributed by atoms with Crippen LogP contribution in [0.3, 0.4) is 0 Å². The number of nitrogens with one attached hydrogen (secondary N) is 1. The van der Waals surface area contributed by atoms with Crippen molar-refractivity contribution in [3.63, 3.8) is 0 Å². The van der Waals surface area contributed by atoms with Crippen molar-refractivity contribution in [1.82, 2.24) is 5.32 Å². The third kappa shape index (κ3) is 2.56.